The van der Waals surface area contributed by atoms with Crippen molar-refractivity contribution in [2.45, 2.75) is 19.9 Å². The average Bonchev–Trinajstić information content (AvgIpc) is 3.08. The minimum Gasteiger partial charge on any atom is -0.481 e. The highest BCUT2D eigenvalue weighted by Gasteiger charge is 2.34. The van der Waals surface area contributed by atoms with Crippen LogP contribution in [0.25, 0.3) is 22.3 Å². The molecule has 26 heavy (non-hydrogen) atoms. The summed E-state index contributed by atoms with van der Waals surface area (Å²) in [5.74, 6) is -1.54. The van der Waals surface area contributed by atoms with Gasteiger partial charge in [0.1, 0.15) is 10.7 Å². The number of carbonyl (C=O) groups is 1. The first kappa shape index (κ1) is 18.0. The molecule has 3 rings (SSSR count). The van der Waals surface area contributed by atoms with Crippen molar-refractivity contribution >= 4 is 27.7 Å². The molecule has 0 aliphatic rings. The maximum atomic E-state index is 11.4. The Balaban J connectivity index is 1.77. The maximum Gasteiger partial charge on any atom is 0.310 e. The van der Waals surface area contributed by atoms with Gasteiger partial charge in [-0.15, -0.1) is 0 Å². The number of fused-ring (bicyclic) bond motifs is 1. The molecule has 1 atom stereocenters. The van der Waals surface area contributed by atoms with E-state index in [0.29, 0.717) is 5.69 Å². The Kier molecular flexibility index (Phi) is 4.99. The first-order valence-electron chi connectivity index (χ1n) is 7.97. The lowest BCUT2D eigenvalue weighted by Crippen LogP contribution is -2.33. The largest absolute Gasteiger partial charge is 0.481 e. The van der Waals surface area contributed by atoms with Crippen molar-refractivity contribution in [3.8, 4) is 11.3 Å². The van der Waals surface area contributed by atoms with Crippen molar-refractivity contribution in [1.82, 2.24) is 19.7 Å². The summed E-state index contributed by atoms with van der Waals surface area (Å²) >= 11 is 0. The van der Waals surface area contributed by atoms with E-state index >= 15 is 0 Å². The predicted molar refractivity (Wildman–Crippen MR) is 96.3 cm³/mol. The van der Waals surface area contributed by atoms with Crippen LogP contribution in [0.3, 0.4) is 0 Å². The second-order valence-corrected chi connectivity index (χ2v) is 7.32. The Morgan fingerprint density at radius 3 is 2.65 bits per heavy atom. The fourth-order valence-corrected chi connectivity index (χ4v) is 3.48. The Labute approximate surface area is 151 Å². The molecule has 1 N–H and O–H groups in total. The van der Waals surface area contributed by atoms with Crippen LogP contribution in [0.15, 0.2) is 42.9 Å². The summed E-state index contributed by atoms with van der Waals surface area (Å²) in [7, 11) is -2.78. The summed E-state index contributed by atoms with van der Waals surface area (Å²) < 4.78 is 23.5. The number of nitrogens with zero attached hydrogens (tertiary/aromatic N) is 4. The topological polar surface area (TPSA) is 115 Å². The van der Waals surface area contributed by atoms with Gasteiger partial charge in [-0.1, -0.05) is 12.1 Å². The summed E-state index contributed by atoms with van der Waals surface area (Å²) in [6.07, 6.45) is 5.19. The third-order valence-electron chi connectivity index (χ3n) is 4.26. The van der Waals surface area contributed by atoms with E-state index in [4.69, 9.17) is 0 Å². The normalized spacial score (nSPS) is 13.8. The molecule has 1 aromatic carbocycles. The van der Waals surface area contributed by atoms with Crippen molar-refractivity contribution in [2.75, 3.05) is 5.75 Å². The first-order chi connectivity index (χ1) is 12.4. The Hall–Kier alpha value is -2.81. The molecule has 0 unspecified atom stereocenters. The molecule has 0 saturated carbocycles. The van der Waals surface area contributed by atoms with Crippen LogP contribution in [0.5, 0.6) is 0 Å². The number of carboxylic acid groups (broad SMARTS) is 1. The van der Waals surface area contributed by atoms with Crippen LogP contribution >= 0.6 is 0 Å². The zero-order valence-corrected chi connectivity index (χ0v) is 15.0. The molecule has 2 heterocycles. The minimum absolute atomic E-state index is 0.149. The molecule has 2 aromatic heterocycles. The summed E-state index contributed by atoms with van der Waals surface area (Å²) in [6.45, 7) is 1.71. The number of aryl methyl sites for hydroxylation is 1. The monoisotopic (exact) mass is 374 g/mol. The van der Waals surface area contributed by atoms with Crippen molar-refractivity contribution in [1.29, 1.82) is 0 Å². The lowest BCUT2D eigenvalue weighted by molar-refractivity contribution is -0.147. The van der Waals surface area contributed by atoms with Crippen LogP contribution in [0.1, 0.15) is 13.3 Å². The van der Waals surface area contributed by atoms with Gasteiger partial charge in [0, 0.05) is 18.3 Å². The Morgan fingerprint density at radius 1 is 1.23 bits per heavy atom. The van der Waals surface area contributed by atoms with Crippen molar-refractivity contribution in [2.24, 2.45) is 5.41 Å². The number of benzene rings is 1. The standard InChI is InChI=1S/C17H18N4O4S/c1-17(16(22)23,11-26(24)25)6-7-21-10-12(8-19-21)15-9-18-13-4-2-3-5-14(13)20-15/h2-5,8-10,26H,6-7,11H2,1H3,(H,22,23)/t17-/m0/s1. The van der Waals surface area contributed by atoms with Crippen LogP contribution in [0, 0.1) is 5.41 Å². The third-order valence-corrected chi connectivity index (χ3v) is 5.22. The van der Waals surface area contributed by atoms with E-state index in [1.807, 2.05) is 24.3 Å². The molecule has 0 bridgehead atoms. The molecule has 136 valence electrons. The second kappa shape index (κ2) is 7.20. The van der Waals surface area contributed by atoms with E-state index < -0.39 is 27.8 Å². The van der Waals surface area contributed by atoms with Crippen LogP contribution in [-0.2, 0) is 22.0 Å². The third kappa shape index (κ3) is 3.88. The zero-order valence-electron chi connectivity index (χ0n) is 14.1. The van der Waals surface area contributed by atoms with Crippen molar-refractivity contribution in [3.63, 3.8) is 0 Å². The SMILES string of the molecule is C[C@](CCn1cc(-c2cnc3ccccc3n2)cn1)(C[SH](=O)=O)C(=O)O. The van der Waals surface area contributed by atoms with E-state index in [1.54, 1.807) is 23.3 Å². The fraction of sp³-hybridized carbons (Fsp3) is 0.294. The molecule has 0 aliphatic carbocycles. The summed E-state index contributed by atoms with van der Waals surface area (Å²) in [5.41, 5.74) is 1.65. The van der Waals surface area contributed by atoms with Crippen LogP contribution < -0.4 is 0 Å². The summed E-state index contributed by atoms with van der Waals surface area (Å²) in [5, 5.41) is 13.5. The Morgan fingerprint density at radius 2 is 1.96 bits per heavy atom. The number of hydrogen-bond acceptors (Lipinski definition) is 6. The number of aliphatic carboxylic acids is 1. The highest BCUT2D eigenvalue weighted by molar-refractivity contribution is 7.72. The minimum atomic E-state index is -2.78. The van der Waals surface area contributed by atoms with Crippen molar-refractivity contribution in [3.05, 3.63) is 42.9 Å². The van der Waals surface area contributed by atoms with E-state index in [1.165, 1.54) is 6.92 Å². The first-order valence-corrected chi connectivity index (χ1v) is 9.33. The quantitative estimate of drug-likeness (QED) is 0.603. The average molecular weight is 374 g/mol. The summed E-state index contributed by atoms with van der Waals surface area (Å²) in [4.78, 5) is 20.3. The molecule has 0 saturated heterocycles. The molecular weight excluding hydrogens is 356 g/mol. The number of para-hydroxylation sites is 2. The van der Waals surface area contributed by atoms with E-state index in [-0.39, 0.29) is 13.0 Å². The lowest BCUT2D eigenvalue weighted by Gasteiger charge is -2.21. The van der Waals surface area contributed by atoms with E-state index in [2.05, 4.69) is 15.1 Å². The van der Waals surface area contributed by atoms with Gasteiger partial charge in [-0.25, -0.2) is 13.4 Å². The lowest BCUT2D eigenvalue weighted by atomic mass is 9.89. The van der Waals surface area contributed by atoms with Gasteiger partial charge in [-0.05, 0) is 25.5 Å². The van der Waals surface area contributed by atoms with Gasteiger partial charge in [0.15, 0.2) is 0 Å². The second-order valence-electron chi connectivity index (χ2n) is 6.34. The van der Waals surface area contributed by atoms with Gasteiger partial charge in [0.2, 0.25) is 0 Å². The van der Waals surface area contributed by atoms with Gasteiger partial charge in [-0.3, -0.25) is 14.5 Å². The molecular formula is C17H18N4O4S. The highest BCUT2D eigenvalue weighted by atomic mass is 32.2. The number of hydrogen-bond donors (Lipinski definition) is 2. The number of thiol groups is 1. The van der Waals surface area contributed by atoms with E-state index in [9.17, 15) is 18.3 Å². The highest BCUT2D eigenvalue weighted by Crippen LogP contribution is 2.24. The zero-order chi connectivity index (χ0) is 18.7. The van der Waals surface area contributed by atoms with E-state index in [0.717, 1.165) is 16.6 Å². The molecule has 0 spiro atoms. The molecule has 8 nitrogen and oxygen atoms in total. The van der Waals surface area contributed by atoms with Gasteiger partial charge in [0.25, 0.3) is 0 Å². The molecule has 3 aromatic rings. The Bertz CT molecular complexity index is 1020. The van der Waals surface area contributed by atoms with Gasteiger partial charge in [0.05, 0.1) is 40.3 Å². The maximum absolute atomic E-state index is 11.4. The van der Waals surface area contributed by atoms with Crippen LogP contribution in [0.2, 0.25) is 0 Å². The van der Waals surface area contributed by atoms with Crippen molar-refractivity contribution < 1.29 is 18.3 Å². The fourth-order valence-electron chi connectivity index (χ4n) is 2.61. The molecule has 0 aliphatic heterocycles. The molecule has 0 fully saturated rings. The smallest absolute Gasteiger partial charge is 0.310 e. The molecule has 0 radical (unpaired) electrons. The van der Waals surface area contributed by atoms with Gasteiger partial charge in [-0.2, -0.15) is 5.10 Å². The summed E-state index contributed by atoms with van der Waals surface area (Å²) in [6, 6.07) is 7.53. The van der Waals surface area contributed by atoms with Gasteiger partial charge >= 0.3 is 5.97 Å². The van der Waals surface area contributed by atoms with Crippen LogP contribution in [0.4, 0.5) is 0 Å². The molecule has 9 heteroatoms. The number of carboxylic acids is 1. The van der Waals surface area contributed by atoms with Gasteiger partial charge < -0.3 is 5.11 Å². The number of aromatic nitrogens is 4. The molecule has 0 amide bonds. The van der Waals surface area contributed by atoms with Crippen LogP contribution in [-0.4, -0.2) is 45.0 Å². The predicted octanol–water partition coefficient (Wildman–Crippen LogP) is 1.59. The number of rotatable bonds is 7.